The van der Waals surface area contributed by atoms with Crippen LogP contribution in [0.25, 0.3) is 0 Å². The molecule has 1 amide bonds. The van der Waals surface area contributed by atoms with E-state index in [0.717, 1.165) is 11.0 Å². The number of aromatic nitrogens is 3. The number of thioether (sulfide) groups is 1. The van der Waals surface area contributed by atoms with Crippen LogP contribution in [0, 0.1) is 0 Å². The van der Waals surface area contributed by atoms with Crippen molar-refractivity contribution in [2.24, 2.45) is 0 Å². The first kappa shape index (κ1) is 19.3. The third kappa shape index (κ3) is 4.98. The van der Waals surface area contributed by atoms with Crippen LogP contribution in [0.3, 0.4) is 0 Å². The van der Waals surface area contributed by atoms with Crippen molar-refractivity contribution in [2.45, 2.75) is 51.7 Å². The summed E-state index contributed by atoms with van der Waals surface area (Å²) in [5, 5.41) is 12.2. The summed E-state index contributed by atoms with van der Waals surface area (Å²) in [5.74, 6) is 2.08. The van der Waals surface area contributed by atoms with Gasteiger partial charge in [0.25, 0.3) is 0 Å². The molecule has 0 saturated carbocycles. The Morgan fingerprint density at radius 3 is 2.60 bits per heavy atom. The maximum Gasteiger partial charge on any atom is 0.234 e. The first-order chi connectivity index (χ1) is 11.9. The molecule has 0 radical (unpaired) electrons. The number of para-hydroxylation sites is 2. The molecule has 0 aliphatic heterocycles. The molecule has 6 nitrogen and oxygen atoms in total. The number of anilines is 1. The summed E-state index contributed by atoms with van der Waals surface area (Å²) in [5.41, 5.74) is 0.683. The number of nitrogens with one attached hydrogen (secondary N) is 1. The highest BCUT2D eigenvalue weighted by molar-refractivity contribution is 7.99. The number of nitrogens with zero attached hydrogens (tertiary/aromatic N) is 3. The lowest BCUT2D eigenvalue weighted by Gasteiger charge is -2.15. The fourth-order valence-electron chi connectivity index (χ4n) is 2.43. The molecule has 0 bridgehead atoms. The molecule has 0 atom stereocenters. The van der Waals surface area contributed by atoms with Gasteiger partial charge in [0.05, 0.1) is 18.0 Å². The van der Waals surface area contributed by atoms with Crippen molar-refractivity contribution >= 4 is 23.4 Å². The van der Waals surface area contributed by atoms with Crippen LogP contribution in [0.1, 0.15) is 52.4 Å². The van der Waals surface area contributed by atoms with E-state index >= 15 is 0 Å². The van der Waals surface area contributed by atoms with Gasteiger partial charge in [-0.15, -0.1) is 10.2 Å². The van der Waals surface area contributed by atoms with Crippen LogP contribution in [-0.2, 0) is 4.79 Å². The zero-order valence-corrected chi connectivity index (χ0v) is 16.3. The summed E-state index contributed by atoms with van der Waals surface area (Å²) >= 11 is 1.40. The fraction of sp³-hybridized carbons (Fsp3) is 0.500. The molecule has 0 aliphatic rings. The number of amides is 1. The smallest absolute Gasteiger partial charge is 0.234 e. The van der Waals surface area contributed by atoms with Gasteiger partial charge in [-0.05, 0) is 32.9 Å². The Kier molecular flexibility index (Phi) is 6.87. The molecule has 136 valence electrons. The second-order valence-electron chi connectivity index (χ2n) is 6.23. The average Bonchev–Trinajstić information content (AvgIpc) is 2.99. The Morgan fingerprint density at radius 1 is 1.24 bits per heavy atom. The molecule has 2 rings (SSSR count). The summed E-state index contributed by atoms with van der Waals surface area (Å²) in [4.78, 5) is 12.3. The van der Waals surface area contributed by atoms with Crippen molar-refractivity contribution in [3.8, 4) is 5.75 Å². The summed E-state index contributed by atoms with van der Waals surface area (Å²) < 4.78 is 7.63. The van der Waals surface area contributed by atoms with Gasteiger partial charge >= 0.3 is 0 Å². The van der Waals surface area contributed by atoms with E-state index in [1.807, 2.05) is 31.2 Å². The third-order valence-electron chi connectivity index (χ3n) is 3.52. The first-order valence-corrected chi connectivity index (χ1v) is 9.51. The Morgan fingerprint density at radius 2 is 1.96 bits per heavy atom. The minimum atomic E-state index is -0.0958. The minimum Gasteiger partial charge on any atom is -0.492 e. The predicted octanol–water partition coefficient (Wildman–Crippen LogP) is 4.11. The minimum absolute atomic E-state index is 0.0958. The van der Waals surface area contributed by atoms with Crippen molar-refractivity contribution in [3.63, 3.8) is 0 Å². The highest BCUT2D eigenvalue weighted by Crippen LogP contribution is 2.27. The summed E-state index contributed by atoms with van der Waals surface area (Å²) in [6.07, 6.45) is 0. The second kappa shape index (κ2) is 8.89. The molecule has 2 aromatic rings. The van der Waals surface area contributed by atoms with Crippen LogP contribution >= 0.6 is 11.8 Å². The lowest BCUT2D eigenvalue weighted by Crippen LogP contribution is -2.16. The van der Waals surface area contributed by atoms with Crippen molar-refractivity contribution in [2.75, 3.05) is 17.7 Å². The third-order valence-corrected chi connectivity index (χ3v) is 4.46. The van der Waals surface area contributed by atoms with Crippen molar-refractivity contribution in [1.82, 2.24) is 14.8 Å². The molecule has 7 heteroatoms. The van der Waals surface area contributed by atoms with Crippen LogP contribution in [-0.4, -0.2) is 33.0 Å². The van der Waals surface area contributed by atoms with Gasteiger partial charge in [0.2, 0.25) is 5.91 Å². The number of carbonyl (C=O) groups is 1. The Labute approximate surface area is 153 Å². The summed E-state index contributed by atoms with van der Waals surface area (Å²) in [6, 6.07) is 7.68. The summed E-state index contributed by atoms with van der Waals surface area (Å²) in [6.45, 7) is 10.8. The number of ether oxygens (including phenoxy) is 1. The molecule has 1 N–H and O–H groups in total. The van der Waals surface area contributed by atoms with Gasteiger partial charge in [-0.25, -0.2) is 0 Å². The van der Waals surface area contributed by atoms with Crippen molar-refractivity contribution in [3.05, 3.63) is 30.1 Å². The number of hydrogen-bond acceptors (Lipinski definition) is 5. The molecule has 0 saturated heterocycles. The largest absolute Gasteiger partial charge is 0.492 e. The van der Waals surface area contributed by atoms with Crippen molar-refractivity contribution in [1.29, 1.82) is 0 Å². The Hall–Kier alpha value is -2.02. The van der Waals surface area contributed by atoms with E-state index in [9.17, 15) is 4.79 Å². The van der Waals surface area contributed by atoms with E-state index in [1.165, 1.54) is 11.8 Å². The van der Waals surface area contributed by atoms with Gasteiger partial charge in [-0.1, -0.05) is 37.7 Å². The van der Waals surface area contributed by atoms with Crippen molar-refractivity contribution < 1.29 is 9.53 Å². The standard InChI is InChI=1S/C18H26N4O2S/c1-6-24-15-10-8-7-9-14(15)19-16(23)11-25-18-21-20-17(12(2)3)22(18)13(4)5/h7-10,12-13H,6,11H2,1-5H3,(H,19,23). The number of hydrogen-bond donors (Lipinski definition) is 1. The second-order valence-corrected chi connectivity index (χ2v) is 7.17. The maximum absolute atomic E-state index is 12.3. The highest BCUT2D eigenvalue weighted by Gasteiger charge is 2.18. The Bertz CT molecular complexity index is 713. The summed E-state index contributed by atoms with van der Waals surface area (Å²) in [7, 11) is 0. The van der Waals surface area contributed by atoms with E-state index < -0.39 is 0 Å². The molecule has 1 aromatic carbocycles. The van der Waals surface area contributed by atoms with Crippen LogP contribution in [0.2, 0.25) is 0 Å². The van der Waals surface area contributed by atoms with E-state index in [1.54, 1.807) is 0 Å². The van der Waals surface area contributed by atoms with Crippen LogP contribution in [0.5, 0.6) is 5.75 Å². The number of rotatable bonds is 8. The molecule has 0 spiro atoms. The lowest BCUT2D eigenvalue weighted by atomic mass is 10.2. The van der Waals surface area contributed by atoms with E-state index in [2.05, 4.69) is 47.8 Å². The quantitative estimate of drug-likeness (QED) is 0.716. The lowest BCUT2D eigenvalue weighted by molar-refractivity contribution is -0.113. The van der Waals surface area contributed by atoms with Crippen LogP contribution < -0.4 is 10.1 Å². The SMILES string of the molecule is CCOc1ccccc1NC(=O)CSc1nnc(C(C)C)n1C(C)C. The van der Waals surface area contributed by atoms with Gasteiger partial charge in [0.1, 0.15) is 11.6 Å². The molecule has 0 unspecified atom stereocenters. The van der Waals surface area contributed by atoms with Gasteiger partial charge in [0.15, 0.2) is 5.16 Å². The molecule has 0 fully saturated rings. The van der Waals surface area contributed by atoms with Crippen LogP contribution in [0.15, 0.2) is 29.4 Å². The molecular weight excluding hydrogens is 336 g/mol. The van der Waals surface area contributed by atoms with E-state index in [-0.39, 0.29) is 23.6 Å². The number of carbonyl (C=O) groups excluding carboxylic acids is 1. The monoisotopic (exact) mass is 362 g/mol. The molecule has 1 aromatic heterocycles. The number of benzene rings is 1. The molecule has 0 aliphatic carbocycles. The zero-order chi connectivity index (χ0) is 18.4. The van der Waals surface area contributed by atoms with Gasteiger partial charge in [0, 0.05) is 12.0 Å². The van der Waals surface area contributed by atoms with Gasteiger partial charge in [-0.3, -0.25) is 4.79 Å². The average molecular weight is 362 g/mol. The van der Waals surface area contributed by atoms with Gasteiger partial charge < -0.3 is 14.6 Å². The predicted molar refractivity (Wildman–Crippen MR) is 101 cm³/mol. The van der Waals surface area contributed by atoms with Crippen LogP contribution in [0.4, 0.5) is 5.69 Å². The zero-order valence-electron chi connectivity index (χ0n) is 15.4. The molecular formula is C18H26N4O2S. The van der Waals surface area contributed by atoms with E-state index in [4.69, 9.17) is 4.74 Å². The van der Waals surface area contributed by atoms with E-state index in [0.29, 0.717) is 18.0 Å². The topological polar surface area (TPSA) is 69.0 Å². The maximum atomic E-state index is 12.3. The molecule has 25 heavy (non-hydrogen) atoms. The Balaban J connectivity index is 2.04. The van der Waals surface area contributed by atoms with Gasteiger partial charge in [-0.2, -0.15) is 0 Å². The molecule has 1 heterocycles. The normalized spacial score (nSPS) is 11.2. The highest BCUT2D eigenvalue weighted by atomic mass is 32.2. The first-order valence-electron chi connectivity index (χ1n) is 8.53. The fourth-order valence-corrected chi connectivity index (χ4v) is 3.31.